The van der Waals surface area contributed by atoms with E-state index in [9.17, 15) is 4.39 Å². The van der Waals surface area contributed by atoms with Gasteiger partial charge in [-0.2, -0.15) is 0 Å². The van der Waals surface area contributed by atoms with Gasteiger partial charge in [0.15, 0.2) is 0 Å². The van der Waals surface area contributed by atoms with E-state index in [-0.39, 0.29) is 5.82 Å². The Balaban J connectivity index is 2.10. The van der Waals surface area contributed by atoms with Crippen LogP contribution in [0.3, 0.4) is 0 Å². The van der Waals surface area contributed by atoms with Gasteiger partial charge in [0, 0.05) is 9.86 Å². The van der Waals surface area contributed by atoms with E-state index >= 15 is 0 Å². The molecule has 0 radical (unpaired) electrons. The van der Waals surface area contributed by atoms with Crippen molar-refractivity contribution in [2.24, 2.45) is 5.73 Å². The molecule has 0 saturated carbocycles. The Labute approximate surface area is 130 Å². The number of nitrogens with two attached hydrogens (primary N) is 1. The molecule has 4 heteroatoms. The maximum atomic E-state index is 13.7. The van der Waals surface area contributed by atoms with Crippen LogP contribution in [-0.4, -0.2) is 4.98 Å². The number of benzene rings is 2. The second kappa shape index (κ2) is 5.54. The van der Waals surface area contributed by atoms with Crippen LogP contribution in [0.5, 0.6) is 0 Å². The summed E-state index contributed by atoms with van der Waals surface area (Å²) in [5.41, 5.74) is 9.16. The summed E-state index contributed by atoms with van der Waals surface area (Å²) in [5.74, 6) is -0.250. The first kappa shape index (κ1) is 14.2. The molecule has 0 saturated heterocycles. The summed E-state index contributed by atoms with van der Waals surface area (Å²) in [7, 11) is 0. The summed E-state index contributed by atoms with van der Waals surface area (Å²) >= 11 is 3.51. The Morgan fingerprint density at radius 1 is 1.14 bits per heavy atom. The lowest BCUT2D eigenvalue weighted by Crippen LogP contribution is -2.14. The average Bonchev–Trinajstić information content (AvgIpc) is 2.48. The van der Waals surface area contributed by atoms with E-state index in [2.05, 4.69) is 20.9 Å². The number of nitrogens with zero attached hydrogens (tertiary/aromatic N) is 1. The first-order valence-corrected chi connectivity index (χ1v) is 7.42. The van der Waals surface area contributed by atoms with Crippen LogP contribution in [0.1, 0.15) is 22.9 Å². The van der Waals surface area contributed by atoms with E-state index < -0.39 is 6.04 Å². The molecule has 0 bridgehead atoms. The molecule has 0 aliphatic heterocycles. The Morgan fingerprint density at radius 2 is 1.90 bits per heavy atom. The zero-order valence-electron chi connectivity index (χ0n) is 11.5. The second-order valence-corrected chi connectivity index (χ2v) is 5.89. The average molecular weight is 345 g/mol. The predicted molar refractivity (Wildman–Crippen MR) is 86.6 cm³/mol. The maximum Gasteiger partial charge on any atom is 0.126 e. The molecule has 2 aromatic carbocycles. The number of hydrogen-bond donors (Lipinski definition) is 1. The highest BCUT2D eigenvalue weighted by Crippen LogP contribution is 2.29. The van der Waals surface area contributed by atoms with E-state index in [1.807, 2.05) is 36.4 Å². The first-order valence-electron chi connectivity index (χ1n) is 6.63. The highest BCUT2D eigenvalue weighted by Gasteiger charge is 2.16. The Morgan fingerprint density at radius 3 is 2.67 bits per heavy atom. The van der Waals surface area contributed by atoms with Gasteiger partial charge in [-0.3, -0.25) is 0 Å². The van der Waals surface area contributed by atoms with Gasteiger partial charge in [0.1, 0.15) is 5.82 Å². The van der Waals surface area contributed by atoms with Gasteiger partial charge in [-0.05, 0) is 52.2 Å². The third kappa shape index (κ3) is 2.69. The molecule has 0 aliphatic carbocycles. The molecule has 3 aromatic rings. The minimum Gasteiger partial charge on any atom is -0.319 e. The molecule has 1 heterocycles. The van der Waals surface area contributed by atoms with Crippen molar-refractivity contribution in [3.8, 4) is 0 Å². The van der Waals surface area contributed by atoms with Crippen LogP contribution in [0.2, 0.25) is 0 Å². The van der Waals surface area contributed by atoms with E-state index in [4.69, 9.17) is 5.73 Å². The minimum absolute atomic E-state index is 0.250. The van der Waals surface area contributed by atoms with Gasteiger partial charge in [-0.25, -0.2) is 9.37 Å². The summed E-state index contributed by atoms with van der Waals surface area (Å²) in [4.78, 5) is 4.61. The van der Waals surface area contributed by atoms with Gasteiger partial charge >= 0.3 is 0 Å². The monoisotopic (exact) mass is 344 g/mol. The number of aryl methyl sites for hydroxylation is 1. The van der Waals surface area contributed by atoms with Crippen molar-refractivity contribution in [2.75, 3.05) is 0 Å². The number of hydrogen-bond acceptors (Lipinski definition) is 2. The van der Waals surface area contributed by atoms with Gasteiger partial charge in [-0.15, -0.1) is 0 Å². The van der Waals surface area contributed by atoms with Gasteiger partial charge in [0.05, 0.1) is 17.3 Å². The van der Waals surface area contributed by atoms with Crippen LogP contribution in [0.4, 0.5) is 4.39 Å². The number of fused-ring (bicyclic) bond motifs is 1. The zero-order valence-corrected chi connectivity index (χ0v) is 13.1. The molecule has 21 heavy (non-hydrogen) atoms. The smallest absolute Gasteiger partial charge is 0.126 e. The van der Waals surface area contributed by atoms with E-state index in [1.54, 1.807) is 13.0 Å². The van der Waals surface area contributed by atoms with Crippen molar-refractivity contribution in [1.82, 2.24) is 4.98 Å². The van der Waals surface area contributed by atoms with Crippen molar-refractivity contribution in [1.29, 1.82) is 0 Å². The van der Waals surface area contributed by atoms with Crippen LogP contribution >= 0.6 is 15.9 Å². The molecule has 0 aliphatic rings. The number of halogens is 2. The Kier molecular flexibility index (Phi) is 3.74. The normalized spacial score (nSPS) is 12.6. The van der Waals surface area contributed by atoms with Crippen molar-refractivity contribution >= 4 is 26.8 Å². The summed E-state index contributed by atoms with van der Waals surface area (Å²) in [6, 6.07) is 14.4. The molecular weight excluding hydrogens is 331 g/mol. The van der Waals surface area contributed by atoms with E-state index in [1.165, 1.54) is 6.07 Å². The lowest BCUT2D eigenvalue weighted by atomic mass is 10.0. The molecule has 2 N–H and O–H groups in total. The molecule has 1 aromatic heterocycles. The van der Waals surface area contributed by atoms with Crippen molar-refractivity contribution in [3.63, 3.8) is 0 Å². The van der Waals surface area contributed by atoms with Crippen molar-refractivity contribution < 1.29 is 4.39 Å². The summed E-state index contributed by atoms with van der Waals surface area (Å²) in [6.45, 7) is 1.73. The molecular formula is C17H14BrFN2. The fraction of sp³-hybridized carbons (Fsp3) is 0.118. The Bertz CT molecular complexity index is 817. The molecule has 0 amide bonds. The molecule has 1 unspecified atom stereocenters. The highest BCUT2D eigenvalue weighted by molar-refractivity contribution is 9.10. The van der Waals surface area contributed by atoms with Crippen LogP contribution in [0.15, 0.2) is 53.0 Å². The molecule has 0 fully saturated rings. The summed E-state index contributed by atoms with van der Waals surface area (Å²) in [5, 5.41) is 1.04. The van der Waals surface area contributed by atoms with Crippen molar-refractivity contribution in [3.05, 3.63) is 75.6 Å². The number of rotatable bonds is 2. The number of pyridine rings is 1. The van der Waals surface area contributed by atoms with Gasteiger partial charge in [0.25, 0.3) is 0 Å². The van der Waals surface area contributed by atoms with Crippen LogP contribution in [0, 0.1) is 12.7 Å². The highest BCUT2D eigenvalue weighted by atomic mass is 79.9. The quantitative estimate of drug-likeness (QED) is 0.743. The number of para-hydroxylation sites is 1. The third-order valence-electron chi connectivity index (χ3n) is 3.55. The lowest BCUT2D eigenvalue weighted by molar-refractivity contribution is 0.614. The fourth-order valence-electron chi connectivity index (χ4n) is 2.28. The second-order valence-electron chi connectivity index (χ2n) is 5.03. The number of aromatic nitrogens is 1. The van der Waals surface area contributed by atoms with Gasteiger partial charge < -0.3 is 5.73 Å². The molecule has 106 valence electrons. The van der Waals surface area contributed by atoms with Gasteiger partial charge in [-0.1, -0.05) is 30.3 Å². The van der Waals surface area contributed by atoms with Crippen LogP contribution in [0.25, 0.3) is 10.9 Å². The molecule has 1 atom stereocenters. The predicted octanol–water partition coefficient (Wildman–Crippen LogP) is 4.49. The standard InChI is InChI=1S/C17H14BrFN2/c1-10-6-7-12(9-14(10)19)16(20)17-13(18)8-11-4-2-3-5-15(11)21-17/h2-9,16H,20H2,1H3. The Hall–Kier alpha value is -1.78. The summed E-state index contributed by atoms with van der Waals surface area (Å²) < 4.78 is 14.5. The van der Waals surface area contributed by atoms with Crippen LogP contribution < -0.4 is 5.73 Å². The van der Waals surface area contributed by atoms with E-state index in [0.29, 0.717) is 16.8 Å². The van der Waals surface area contributed by atoms with E-state index in [0.717, 1.165) is 15.4 Å². The zero-order chi connectivity index (χ0) is 15.0. The van der Waals surface area contributed by atoms with Gasteiger partial charge in [0.2, 0.25) is 0 Å². The topological polar surface area (TPSA) is 38.9 Å². The van der Waals surface area contributed by atoms with Crippen molar-refractivity contribution in [2.45, 2.75) is 13.0 Å². The molecule has 2 nitrogen and oxygen atoms in total. The summed E-state index contributed by atoms with van der Waals surface area (Å²) in [6.07, 6.45) is 0. The fourth-order valence-corrected chi connectivity index (χ4v) is 2.87. The van der Waals surface area contributed by atoms with Crippen LogP contribution in [-0.2, 0) is 0 Å². The molecule has 0 spiro atoms. The maximum absolute atomic E-state index is 13.7. The molecule has 3 rings (SSSR count). The first-order chi connectivity index (χ1) is 10.1. The largest absolute Gasteiger partial charge is 0.319 e. The SMILES string of the molecule is Cc1ccc(C(N)c2nc3ccccc3cc2Br)cc1F. The lowest BCUT2D eigenvalue weighted by Gasteiger charge is -2.15. The third-order valence-corrected chi connectivity index (χ3v) is 4.19. The minimum atomic E-state index is -0.473.